The summed E-state index contributed by atoms with van der Waals surface area (Å²) in [6, 6.07) is 1.42. The highest BCUT2D eigenvalue weighted by atomic mass is 35.5. The summed E-state index contributed by atoms with van der Waals surface area (Å²) in [5, 5.41) is -0.0731. The Kier molecular flexibility index (Phi) is 4.24. The van der Waals surface area contributed by atoms with E-state index in [0.29, 0.717) is 12.4 Å². The molecule has 0 bridgehead atoms. The first-order valence-electron chi connectivity index (χ1n) is 5.97. The molecule has 0 fully saturated rings. The van der Waals surface area contributed by atoms with Crippen LogP contribution in [0.3, 0.4) is 0 Å². The number of aromatic nitrogens is 4. The summed E-state index contributed by atoms with van der Waals surface area (Å²) in [6.45, 7) is 4.48. The molecule has 1 N–H and O–H groups in total. The third kappa shape index (κ3) is 3.26. The van der Waals surface area contributed by atoms with Gasteiger partial charge in [0.15, 0.2) is 5.03 Å². The topological polar surface area (TPSA) is 89.8 Å². The maximum Gasteiger partial charge on any atom is 0.282 e. The molecule has 0 atom stereocenters. The summed E-state index contributed by atoms with van der Waals surface area (Å²) >= 11 is 5.61. The van der Waals surface area contributed by atoms with E-state index in [1.807, 2.05) is 6.92 Å². The largest absolute Gasteiger partial charge is 0.334 e. The lowest BCUT2D eigenvalue weighted by molar-refractivity contribution is 0.597. The van der Waals surface area contributed by atoms with Gasteiger partial charge in [0.2, 0.25) is 5.28 Å². The van der Waals surface area contributed by atoms with Crippen LogP contribution in [0.2, 0.25) is 5.28 Å². The molecule has 0 saturated carbocycles. The Balaban J connectivity index is 2.28. The van der Waals surface area contributed by atoms with Crippen LogP contribution in [0.25, 0.3) is 0 Å². The molecule has 0 unspecified atom stereocenters. The molecule has 0 aromatic carbocycles. The molecular formula is C11H14ClN5O2S. The predicted octanol–water partition coefficient (Wildman–Crippen LogP) is 1.85. The van der Waals surface area contributed by atoms with E-state index in [-0.39, 0.29) is 16.1 Å². The van der Waals surface area contributed by atoms with Gasteiger partial charge in [-0.05, 0) is 31.0 Å². The van der Waals surface area contributed by atoms with Crippen LogP contribution in [0.1, 0.15) is 19.2 Å². The van der Waals surface area contributed by atoms with Gasteiger partial charge in [0.1, 0.15) is 11.6 Å². The normalized spacial score (nSPS) is 11.6. The Morgan fingerprint density at radius 2 is 2.15 bits per heavy atom. The number of imidazole rings is 1. The predicted molar refractivity (Wildman–Crippen MR) is 75.1 cm³/mol. The minimum atomic E-state index is -3.78. The van der Waals surface area contributed by atoms with Crippen molar-refractivity contribution in [2.75, 3.05) is 4.72 Å². The fourth-order valence-corrected chi connectivity index (χ4v) is 2.82. The third-order valence-electron chi connectivity index (χ3n) is 2.56. The van der Waals surface area contributed by atoms with Crippen LogP contribution in [0.15, 0.2) is 23.5 Å². The molecule has 2 aromatic heterocycles. The second kappa shape index (κ2) is 5.76. The van der Waals surface area contributed by atoms with Crippen LogP contribution in [0, 0.1) is 6.92 Å². The summed E-state index contributed by atoms with van der Waals surface area (Å²) in [5.74, 6) is 0.751. The fraction of sp³-hybridized carbons (Fsp3) is 0.364. The lowest BCUT2D eigenvalue weighted by atomic mass is 10.5. The van der Waals surface area contributed by atoms with Crippen LogP contribution < -0.4 is 4.72 Å². The SMILES string of the molecule is CCCn1cc(S(=O)(=O)Nc2ccnc(Cl)n2)nc1C. The van der Waals surface area contributed by atoms with Crippen molar-refractivity contribution in [1.29, 1.82) is 0 Å². The maximum absolute atomic E-state index is 12.2. The molecule has 2 heterocycles. The van der Waals surface area contributed by atoms with E-state index in [9.17, 15) is 8.42 Å². The number of rotatable bonds is 5. The zero-order chi connectivity index (χ0) is 14.8. The first-order chi connectivity index (χ1) is 9.42. The average Bonchev–Trinajstić information content (AvgIpc) is 2.72. The van der Waals surface area contributed by atoms with Gasteiger partial charge in [-0.25, -0.2) is 9.97 Å². The van der Waals surface area contributed by atoms with Crippen molar-refractivity contribution in [2.45, 2.75) is 31.8 Å². The number of sulfonamides is 1. The summed E-state index contributed by atoms with van der Waals surface area (Å²) in [7, 11) is -3.78. The first-order valence-corrected chi connectivity index (χ1v) is 7.83. The number of aryl methyl sites for hydroxylation is 2. The molecule has 9 heteroatoms. The van der Waals surface area contributed by atoms with E-state index < -0.39 is 10.0 Å². The van der Waals surface area contributed by atoms with Crippen molar-refractivity contribution in [3.63, 3.8) is 0 Å². The number of nitrogens with one attached hydrogen (secondary N) is 1. The number of hydrogen-bond donors (Lipinski definition) is 1. The number of hydrogen-bond acceptors (Lipinski definition) is 5. The summed E-state index contributed by atoms with van der Waals surface area (Å²) < 4.78 is 28.5. The van der Waals surface area contributed by atoms with Crippen molar-refractivity contribution in [3.8, 4) is 0 Å². The molecular weight excluding hydrogens is 302 g/mol. The fourth-order valence-electron chi connectivity index (χ4n) is 1.66. The van der Waals surface area contributed by atoms with Crippen LogP contribution in [-0.2, 0) is 16.6 Å². The summed E-state index contributed by atoms with van der Waals surface area (Å²) in [6.07, 6.45) is 3.77. The average molecular weight is 316 g/mol. The smallest absolute Gasteiger partial charge is 0.282 e. The molecule has 2 aromatic rings. The van der Waals surface area contributed by atoms with Crippen molar-refractivity contribution in [2.24, 2.45) is 0 Å². The Hall–Kier alpha value is -1.67. The highest BCUT2D eigenvalue weighted by Gasteiger charge is 2.19. The van der Waals surface area contributed by atoms with Crippen LogP contribution in [0.5, 0.6) is 0 Å². The highest BCUT2D eigenvalue weighted by Crippen LogP contribution is 2.15. The van der Waals surface area contributed by atoms with Crippen LogP contribution >= 0.6 is 11.6 Å². The van der Waals surface area contributed by atoms with Gasteiger partial charge in [-0.2, -0.15) is 13.4 Å². The lowest BCUT2D eigenvalue weighted by Crippen LogP contribution is -2.14. The quantitative estimate of drug-likeness (QED) is 0.850. The van der Waals surface area contributed by atoms with Crippen LogP contribution in [-0.4, -0.2) is 27.9 Å². The van der Waals surface area contributed by atoms with Gasteiger partial charge in [0.25, 0.3) is 10.0 Å². The van der Waals surface area contributed by atoms with E-state index in [0.717, 1.165) is 6.42 Å². The molecule has 0 spiro atoms. The molecule has 20 heavy (non-hydrogen) atoms. The van der Waals surface area contributed by atoms with E-state index in [4.69, 9.17) is 11.6 Å². The van der Waals surface area contributed by atoms with E-state index in [1.165, 1.54) is 18.5 Å². The zero-order valence-electron chi connectivity index (χ0n) is 11.0. The number of halogens is 1. The molecule has 108 valence electrons. The Bertz CT molecular complexity index is 713. The highest BCUT2D eigenvalue weighted by molar-refractivity contribution is 7.92. The van der Waals surface area contributed by atoms with Gasteiger partial charge in [0, 0.05) is 18.9 Å². The number of nitrogens with zero attached hydrogens (tertiary/aromatic N) is 4. The summed E-state index contributed by atoms with van der Waals surface area (Å²) in [4.78, 5) is 11.5. The Labute approximate surface area is 122 Å². The van der Waals surface area contributed by atoms with Crippen molar-refractivity contribution < 1.29 is 8.42 Å². The van der Waals surface area contributed by atoms with Gasteiger partial charge in [-0.1, -0.05) is 6.92 Å². The minimum Gasteiger partial charge on any atom is -0.334 e. The third-order valence-corrected chi connectivity index (χ3v) is 3.97. The molecule has 0 aliphatic rings. The molecule has 0 amide bonds. The molecule has 0 aliphatic carbocycles. The Morgan fingerprint density at radius 3 is 2.80 bits per heavy atom. The second-order valence-corrected chi connectivity index (χ2v) is 6.10. The van der Waals surface area contributed by atoms with Gasteiger partial charge in [-0.15, -0.1) is 0 Å². The molecule has 7 nitrogen and oxygen atoms in total. The monoisotopic (exact) mass is 315 g/mol. The number of anilines is 1. The zero-order valence-corrected chi connectivity index (χ0v) is 12.6. The molecule has 0 radical (unpaired) electrons. The van der Waals surface area contributed by atoms with Gasteiger partial charge >= 0.3 is 0 Å². The summed E-state index contributed by atoms with van der Waals surface area (Å²) in [5.41, 5.74) is 0. The minimum absolute atomic E-state index is 0.0297. The first kappa shape index (κ1) is 14.7. The van der Waals surface area contributed by atoms with Gasteiger partial charge in [-0.3, -0.25) is 4.72 Å². The van der Waals surface area contributed by atoms with Crippen molar-refractivity contribution in [1.82, 2.24) is 19.5 Å². The van der Waals surface area contributed by atoms with Gasteiger partial charge < -0.3 is 4.57 Å². The van der Waals surface area contributed by atoms with Crippen molar-refractivity contribution in [3.05, 3.63) is 29.6 Å². The lowest BCUT2D eigenvalue weighted by Gasteiger charge is -2.04. The van der Waals surface area contributed by atoms with E-state index in [2.05, 4.69) is 19.7 Å². The van der Waals surface area contributed by atoms with Crippen LogP contribution in [0.4, 0.5) is 5.82 Å². The molecule has 0 saturated heterocycles. The van der Waals surface area contributed by atoms with Crippen molar-refractivity contribution >= 4 is 27.4 Å². The maximum atomic E-state index is 12.2. The second-order valence-electron chi connectivity index (χ2n) is 4.14. The Morgan fingerprint density at radius 1 is 1.40 bits per heavy atom. The molecule has 2 rings (SSSR count). The standard InChI is InChI=1S/C11H14ClN5O2S/c1-3-6-17-7-10(14-8(17)2)20(18,19)16-9-4-5-13-11(12)15-9/h4-5,7H,3,6H2,1-2H3,(H,13,15,16). The van der Waals surface area contributed by atoms with Gasteiger partial charge in [0.05, 0.1) is 0 Å². The molecule has 0 aliphatic heterocycles. The van der Waals surface area contributed by atoms with E-state index >= 15 is 0 Å². The van der Waals surface area contributed by atoms with E-state index in [1.54, 1.807) is 11.5 Å².